The molecule has 76 valence electrons. The van der Waals surface area contributed by atoms with E-state index in [4.69, 9.17) is 5.11 Å². The highest BCUT2D eigenvalue weighted by Crippen LogP contribution is 2.11. The Bertz CT molecular complexity index is 491. The molecule has 0 aliphatic carbocycles. The number of hydrogen-bond donors (Lipinski definition) is 1. The summed E-state index contributed by atoms with van der Waals surface area (Å²) in [5, 5.41) is 12.8. The van der Waals surface area contributed by atoms with Crippen molar-refractivity contribution >= 4 is 5.97 Å². The minimum Gasteiger partial charge on any atom is -0.478 e. The van der Waals surface area contributed by atoms with Crippen LogP contribution < -0.4 is 0 Å². The minimum absolute atomic E-state index is 0.184. The summed E-state index contributed by atoms with van der Waals surface area (Å²) in [6.07, 6.45) is 4.73. The van der Waals surface area contributed by atoms with Gasteiger partial charge in [-0.3, -0.25) is 0 Å². The lowest BCUT2D eigenvalue weighted by molar-refractivity contribution is 0.0696. The molecule has 0 aliphatic rings. The normalized spacial score (nSPS) is 10.2. The van der Waals surface area contributed by atoms with E-state index in [2.05, 4.69) is 10.1 Å². The number of carboxylic acids is 1. The second-order valence-corrected chi connectivity index (χ2v) is 3.12. The fourth-order valence-electron chi connectivity index (χ4n) is 1.32. The first kappa shape index (κ1) is 9.39. The van der Waals surface area contributed by atoms with Gasteiger partial charge in [0.15, 0.2) is 5.82 Å². The molecule has 0 radical (unpaired) electrons. The molecule has 2 rings (SSSR count). The van der Waals surface area contributed by atoms with Crippen molar-refractivity contribution in [2.24, 2.45) is 0 Å². The number of carboxylic acid groups (broad SMARTS) is 1. The van der Waals surface area contributed by atoms with Crippen molar-refractivity contribution < 1.29 is 9.90 Å². The summed E-state index contributed by atoms with van der Waals surface area (Å²) >= 11 is 0. The minimum atomic E-state index is -0.974. The molecule has 1 N–H and O–H groups in total. The maximum atomic E-state index is 10.7. The molecule has 0 aromatic carbocycles. The molecule has 0 saturated heterocycles. The molecule has 2 heterocycles. The van der Waals surface area contributed by atoms with E-state index >= 15 is 0 Å². The summed E-state index contributed by atoms with van der Waals surface area (Å²) in [5.74, 6) is -0.331. The van der Waals surface area contributed by atoms with Gasteiger partial charge in [-0.05, 0) is 24.6 Å². The topological polar surface area (TPSA) is 68.0 Å². The van der Waals surface area contributed by atoms with Crippen LogP contribution in [0.2, 0.25) is 0 Å². The van der Waals surface area contributed by atoms with Crippen molar-refractivity contribution in [1.82, 2.24) is 14.8 Å². The quantitative estimate of drug-likeness (QED) is 0.798. The average Bonchev–Trinajstić information content (AvgIpc) is 2.70. The van der Waals surface area contributed by atoms with E-state index in [1.54, 1.807) is 36.1 Å². The smallest absolute Gasteiger partial charge is 0.337 e. The van der Waals surface area contributed by atoms with Crippen molar-refractivity contribution in [2.45, 2.75) is 6.92 Å². The van der Waals surface area contributed by atoms with Gasteiger partial charge in [0, 0.05) is 18.6 Å². The maximum Gasteiger partial charge on any atom is 0.337 e. The molecule has 0 aliphatic heterocycles. The zero-order chi connectivity index (χ0) is 10.8. The van der Waals surface area contributed by atoms with Crippen LogP contribution in [-0.2, 0) is 0 Å². The molecule has 5 heteroatoms. The molecule has 15 heavy (non-hydrogen) atoms. The largest absolute Gasteiger partial charge is 0.478 e. The molecule has 0 fully saturated rings. The van der Waals surface area contributed by atoms with Gasteiger partial charge < -0.3 is 5.11 Å². The van der Waals surface area contributed by atoms with Crippen LogP contribution in [0.3, 0.4) is 0 Å². The first-order chi connectivity index (χ1) is 7.18. The summed E-state index contributed by atoms with van der Waals surface area (Å²) < 4.78 is 1.60. The highest BCUT2D eigenvalue weighted by atomic mass is 16.4. The number of aromatic nitrogens is 3. The van der Waals surface area contributed by atoms with E-state index < -0.39 is 5.97 Å². The number of rotatable bonds is 2. The summed E-state index contributed by atoms with van der Waals surface area (Å²) in [4.78, 5) is 14.8. The molecule has 0 unspecified atom stereocenters. The molecule has 0 amide bonds. The molecular weight excluding hydrogens is 194 g/mol. The second kappa shape index (κ2) is 3.53. The van der Waals surface area contributed by atoms with Gasteiger partial charge in [-0.25, -0.2) is 14.5 Å². The molecule has 2 aromatic rings. The van der Waals surface area contributed by atoms with Gasteiger partial charge >= 0.3 is 5.97 Å². The van der Waals surface area contributed by atoms with Gasteiger partial charge in [0.2, 0.25) is 0 Å². The van der Waals surface area contributed by atoms with Crippen LogP contribution in [-0.4, -0.2) is 25.8 Å². The Morgan fingerprint density at radius 2 is 2.33 bits per heavy atom. The van der Waals surface area contributed by atoms with Gasteiger partial charge in [0.25, 0.3) is 0 Å². The third-order valence-electron chi connectivity index (χ3n) is 2.02. The van der Waals surface area contributed by atoms with E-state index in [-0.39, 0.29) is 5.56 Å². The van der Waals surface area contributed by atoms with Gasteiger partial charge in [-0.15, -0.1) is 0 Å². The summed E-state index contributed by atoms with van der Waals surface area (Å²) in [6.45, 7) is 1.80. The molecule has 0 atom stereocenters. The number of aromatic carboxylic acids is 1. The lowest BCUT2D eigenvalue weighted by atomic mass is 10.2. The SMILES string of the molecule is Cc1cc(C(=O)O)cnc1-n1cccn1. The second-order valence-electron chi connectivity index (χ2n) is 3.12. The zero-order valence-electron chi connectivity index (χ0n) is 8.08. The van der Waals surface area contributed by atoms with Crippen LogP contribution in [0, 0.1) is 6.92 Å². The van der Waals surface area contributed by atoms with Crippen LogP contribution in [0.1, 0.15) is 15.9 Å². The molecule has 2 aromatic heterocycles. The zero-order valence-corrected chi connectivity index (χ0v) is 8.08. The van der Waals surface area contributed by atoms with Crippen molar-refractivity contribution in [2.75, 3.05) is 0 Å². The molecular formula is C10H9N3O2. The Kier molecular flexibility index (Phi) is 2.21. The van der Waals surface area contributed by atoms with Crippen LogP contribution in [0.25, 0.3) is 5.82 Å². The maximum absolute atomic E-state index is 10.7. The highest BCUT2D eigenvalue weighted by molar-refractivity contribution is 5.87. The Morgan fingerprint density at radius 1 is 1.53 bits per heavy atom. The fourth-order valence-corrected chi connectivity index (χ4v) is 1.32. The predicted molar refractivity (Wildman–Crippen MR) is 53.1 cm³/mol. The first-order valence-corrected chi connectivity index (χ1v) is 4.38. The average molecular weight is 203 g/mol. The number of carbonyl (C=O) groups is 1. The van der Waals surface area contributed by atoms with Crippen molar-refractivity contribution in [3.05, 3.63) is 41.9 Å². The Hall–Kier alpha value is -2.17. The van der Waals surface area contributed by atoms with E-state index in [1.807, 2.05) is 0 Å². The van der Waals surface area contributed by atoms with E-state index in [1.165, 1.54) is 6.20 Å². The third kappa shape index (κ3) is 1.71. The highest BCUT2D eigenvalue weighted by Gasteiger charge is 2.08. The lowest BCUT2D eigenvalue weighted by Crippen LogP contribution is -2.04. The van der Waals surface area contributed by atoms with E-state index in [9.17, 15) is 4.79 Å². The summed E-state index contributed by atoms with van der Waals surface area (Å²) in [5.41, 5.74) is 0.960. The van der Waals surface area contributed by atoms with Crippen LogP contribution in [0.5, 0.6) is 0 Å². The van der Waals surface area contributed by atoms with Crippen LogP contribution >= 0.6 is 0 Å². The number of pyridine rings is 1. The fraction of sp³-hybridized carbons (Fsp3) is 0.100. The summed E-state index contributed by atoms with van der Waals surface area (Å²) in [7, 11) is 0. The Balaban J connectivity index is 2.48. The third-order valence-corrected chi connectivity index (χ3v) is 2.02. The van der Waals surface area contributed by atoms with Crippen molar-refractivity contribution in [3.8, 4) is 5.82 Å². The van der Waals surface area contributed by atoms with Crippen molar-refractivity contribution in [3.63, 3.8) is 0 Å². The number of hydrogen-bond acceptors (Lipinski definition) is 3. The van der Waals surface area contributed by atoms with Gasteiger partial charge in [-0.1, -0.05) is 0 Å². The predicted octanol–water partition coefficient (Wildman–Crippen LogP) is 1.27. The van der Waals surface area contributed by atoms with Crippen molar-refractivity contribution in [1.29, 1.82) is 0 Å². The van der Waals surface area contributed by atoms with Crippen LogP contribution in [0.4, 0.5) is 0 Å². The summed E-state index contributed by atoms with van der Waals surface area (Å²) in [6, 6.07) is 3.36. The van der Waals surface area contributed by atoms with E-state index in [0.717, 1.165) is 5.56 Å². The van der Waals surface area contributed by atoms with Crippen LogP contribution in [0.15, 0.2) is 30.7 Å². The first-order valence-electron chi connectivity index (χ1n) is 4.38. The monoisotopic (exact) mass is 203 g/mol. The molecule has 0 spiro atoms. The molecule has 0 saturated carbocycles. The number of nitrogens with zero attached hydrogens (tertiary/aromatic N) is 3. The molecule has 5 nitrogen and oxygen atoms in total. The lowest BCUT2D eigenvalue weighted by Gasteiger charge is -2.04. The standard InChI is InChI=1S/C10H9N3O2/c1-7-5-8(10(14)15)6-11-9(7)13-4-2-3-12-13/h2-6H,1H3,(H,14,15). The van der Waals surface area contributed by atoms with E-state index in [0.29, 0.717) is 5.82 Å². The molecule has 0 bridgehead atoms. The van der Waals surface area contributed by atoms with Gasteiger partial charge in [-0.2, -0.15) is 5.10 Å². The number of aryl methyl sites for hydroxylation is 1. The Morgan fingerprint density at radius 3 is 2.87 bits per heavy atom. The van der Waals surface area contributed by atoms with Gasteiger partial charge in [0.1, 0.15) is 0 Å². The Labute approximate surface area is 86.0 Å². The van der Waals surface area contributed by atoms with Gasteiger partial charge in [0.05, 0.1) is 5.56 Å².